The third kappa shape index (κ3) is 1.74. The van der Waals surface area contributed by atoms with E-state index < -0.39 is 0 Å². The van der Waals surface area contributed by atoms with E-state index in [0.29, 0.717) is 28.5 Å². The lowest BCUT2D eigenvalue weighted by Crippen LogP contribution is -2.23. The van der Waals surface area contributed by atoms with E-state index >= 15 is 0 Å². The summed E-state index contributed by atoms with van der Waals surface area (Å²) in [6.45, 7) is 4.07. The molecule has 0 radical (unpaired) electrons. The molecule has 3 aromatic heterocycles. The Morgan fingerprint density at radius 1 is 1.47 bits per heavy atom. The van der Waals surface area contributed by atoms with Crippen LogP contribution in [0, 0.1) is 0 Å². The first-order valence-electron chi connectivity index (χ1n) is 5.63. The van der Waals surface area contributed by atoms with Gasteiger partial charge in [0.1, 0.15) is 5.39 Å². The second kappa shape index (κ2) is 4.51. The van der Waals surface area contributed by atoms with E-state index in [0.717, 1.165) is 0 Å². The first kappa shape index (κ1) is 11.9. The number of thioether (sulfide) groups is 1. The minimum absolute atomic E-state index is 0.152. The molecule has 3 aromatic rings. The van der Waals surface area contributed by atoms with Gasteiger partial charge in [-0.2, -0.15) is 0 Å². The monoisotopic (exact) mass is 273 g/mol. The van der Waals surface area contributed by atoms with Crippen LogP contribution in [0.25, 0.3) is 16.8 Å². The van der Waals surface area contributed by atoms with E-state index in [1.165, 1.54) is 11.8 Å². The van der Waals surface area contributed by atoms with E-state index in [4.69, 9.17) is 0 Å². The highest BCUT2D eigenvalue weighted by molar-refractivity contribution is 7.98. The van der Waals surface area contributed by atoms with Crippen molar-refractivity contribution in [3.05, 3.63) is 41.6 Å². The molecule has 3 rings (SSSR count). The molecule has 0 saturated carbocycles. The van der Waals surface area contributed by atoms with E-state index in [2.05, 4.69) is 21.5 Å². The first-order valence-corrected chi connectivity index (χ1v) is 6.86. The van der Waals surface area contributed by atoms with Gasteiger partial charge < -0.3 is 0 Å². The van der Waals surface area contributed by atoms with Gasteiger partial charge in [0.05, 0.1) is 0 Å². The van der Waals surface area contributed by atoms with Crippen molar-refractivity contribution >= 4 is 28.6 Å². The fourth-order valence-electron chi connectivity index (χ4n) is 1.98. The van der Waals surface area contributed by atoms with Crippen LogP contribution in [0.1, 0.15) is 0 Å². The Hall–Kier alpha value is -2.15. The largest absolute Gasteiger partial charge is 0.274 e. The lowest BCUT2D eigenvalue weighted by atomic mass is 10.4. The molecule has 0 aliphatic carbocycles. The molecule has 6 nitrogen and oxygen atoms in total. The topological polar surface area (TPSA) is 65.1 Å². The zero-order chi connectivity index (χ0) is 13.4. The Labute approximate surface area is 112 Å². The molecule has 0 unspecified atom stereocenters. The van der Waals surface area contributed by atoms with Gasteiger partial charge >= 0.3 is 0 Å². The van der Waals surface area contributed by atoms with Crippen LogP contribution in [0.3, 0.4) is 0 Å². The molecular formula is C12H11N5OS. The maximum atomic E-state index is 12.4. The molecule has 19 heavy (non-hydrogen) atoms. The van der Waals surface area contributed by atoms with Gasteiger partial charge in [-0.05, 0) is 6.26 Å². The number of hydrogen-bond acceptors (Lipinski definition) is 5. The van der Waals surface area contributed by atoms with Gasteiger partial charge in [0.2, 0.25) is 5.78 Å². The summed E-state index contributed by atoms with van der Waals surface area (Å²) in [6, 6.07) is 0. The van der Waals surface area contributed by atoms with Gasteiger partial charge in [-0.15, -0.1) is 6.58 Å². The normalized spacial score (nSPS) is 11.2. The van der Waals surface area contributed by atoms with Crippen LogP contribution in [-0.4, -0.2) is 30.2 Å². The van der Waals surface area contributed by atoms with Crippen LogP contribution in [0.2, 0.25) is 0 Å². The maximum Gasteiger partial charge on any atom is 0.266 e. The summed E-state index contributed by atoms with van der Waals surface area (Å²) in [5, 5.41) is 1.11. The SMILES string of the molecule is C=CCn1c(=O)c2cnc(SC)nc2n2ccnc12. The number of imidazole rings is 1. The van der Waals surface area contributed by atoms with Gasteiger partial charge in [-0.25, -0.2) is 15.0 Å². The lowest BCUT2D eigenvalue weighted by Gasteiger charge is -2.08. The third-order valence-corrected chi connectivity index (χ3v) is 3.37. The molecule has 0 amide bonds. The number of hydrogen-bond donors (Lipinski definition) is 0. The average molecular weight is 273 g/mol. The molecule has 0 aliphatic heterocycles. The first-order chi connectivity index (χ1) is 9.26. The van der Waals surface area contributed by atoms with Gasteiger partial charge in [0.15, 0.2) is 10.8 Å². The van der Waals surface area contributed by atoms with Crippen LogP contribution in [0.4, 0.5) is 0 Å². The van der Waals surface area contributed by atoms with Crippen molar-refractivity contribution in [2.24, 2.45) is 0 Å². The Morgan fingerprint density at radius 2 is 2.32 bits per heavy atom. The summed E-state index contributed by atoms with van der Waals surface area (Å²) in [4.78, 5) is 25.2. The van der Waals surface area contributed by atoms with Crippen LogP contribution in [-0.2, 0) is 6.54 Å². The van der Waals surface area contributed by atoms with E-state index in [9.17, 15) is 4.79 Å². The molecule has 0 aliphatic rings. The fourth-order valence-corrected chi connectivity index (χ4v) is 2.32. The van der Waals surface area contributed by atoms with Gasteiger partial charge in [0, 0.05) is 25.1 Å². The second-order valence-electron chi connectivity index (χ2n) is 3.90. The standard InChI is InChI=1S/C12H11N5OS/c1-3-5-17-10(18)8-7-14-11(19-2)15-9(8)16-6-4-13-12(16)17/h3-4,6-7H,1,5H2,2H3. The molecule has 0 atom stereocenters. The van der Waals surface area contributed by atoms with Crippen molar-refractivity contribution in [2.45, 2.75) is 11.7 Å². The Bertz CT molecular complexity index is 835. The number of fused-ring (bicyclic) bond motifs is 3. The maximum absolute atomic E-state index is 12.4. The van der Waals surface area contributed by atoms with Crippen LogP contribution < -0.4 is 5.56 Å². The number of allylic oxidation sites excluding steroid dienone is 1. The van der Waals surface area contributed by atoms with Gasteiger partial charge in [-0.3, -0.25) is 13.8 Å². The van der Waals surface area contributed by atoms with Crippen molar-refractivity contribution in [3.8, 4) is 0 Å². The molecule has 0 N–H and O–H groups in total. The summed E-state index contributed by atoms with van der Waals surface area (Å²) in [5.74, 6) is 0.558. The zero-order valence-electron chi connectivity index (χ0n) is 10.3. The highest BCUT2D eigenvalue weighted by Gasteiger charge is 2.12. The molecule has 0 spiro atoms. The number of aromatic nitrogens is 5. The molecular weight excluding hydrogens is 262 g/mol. The predicted octanol–water partition coefficient (Wildman–Crippen LogP) is 1.35. The quantitative estimate of drug-likeness (QED) is 0.409. The molecule has 0 fully saturated rings. The summed E-state index contributed by atoms with van der Waals surface area (Å²) >= 11 is 1.43. The minimum atomic E-state index is -0.152. The fraction of sp³-hybridized carbons (Fsp3) is 0.167. The van der Waals surface area contributed by atoms with Gasteiger partial charge in [0.25, 0.3) is 5.56 Å². The average Bonchev–Trinajstić information content (AvgIpc) is 2.92. The molecule has 3 heterocycles. The highest BCUT2D eigenvalue weighted by atomic mass is 32.2. The Balaban J connectivity index is 2.51. The van der Waals surface area contributed by atoms with Crippen LogP contribution in [0.5, 0.6) is 0 Å². The zero-order valence-corrected chi connectivity index (χ0v) is 11.1. The van der Waals surface area contributed by atoms with E-state index in [1.54, 1.807) is 33.6 Å². The Morgan fingerprint density at radius 3 is 3.05 bits per heavy atom. The molecule has 0 saturated heterocycles. The highest BCUT2D eigenvalue weighted by Crippen LogP contribution is 2.14. The van der Waals surface area contributed by atoms with E-state index in [1.807, 2.05) is 6.26 Å². The van der Waals surface area contributed by atoms with Gasteiger partial charge in [-0.1, -0.05) is 17.8 Å². The second-order valence-corrected chi connectivity index (χ2v) is 4.67. The van der Waals surface area contributed by atoms with Crippen LogP contribution >= 0.6 is 11.8 Å². The molecule has 7 heteroatoms. The summed E-state index contributed by atoms with van der Waals surface area (Å²) in [6.07, 6.45) is 8.56. The number of nitrogens with zero attached hydrogens (tertiary/aromatic N) is 5. The minimum Gasteiger partial charge on any atom is -0.274 e. The molecule has 0 bridgehead atoms. The molecule has 96 valence electrons. The Kier molecular flexibility index (Phi) is 2.83. The van der Waals surface area contributed by atoms with Crippen LogP contribution in [0.15, 0.2) is 41.2 Å². The van der Waals surface area contributed by atoms with Crippen molar-refractivity contribution < 1.29 is 0 Å². The predicted molar refractivity (Wildman–Crippen MR) is 74.5 cm³/mol. The summed E-state index contributed by atoms with van der Waals surface area (Å²) < 4.78 is 3.35. The smallest absolute Gasteiger partial charge is 0.266 e. The van der Waals surface area contributed by atoms with Crippen molar-refractivity contribution in [2.75, 3.05) is 6.26 Å². The summed E-state index contributed by atoms with van der Waals surface area (Å²) in [5.41, 5.74) is 0.429. The number of rotatable bonds is 3. The third-order valence-electron chi connectivity index (χ3n) is 2.81. The molecule has 0 aromatic carbocycles. The lowest BCUT2D eigenvalue weighted by molar-refractivity contribution is 0.783. The summed E-state index contributed by atoms with van der Waals surface area (Å²) in [7, 11) is 0. The van der Waals surface area contributed by atoms with Crippen molar-refractivity contribution in [1.82, 2.24) is 23.9 Å². The van der Waals surface area contributed by atoms with Crippen molar-refractivity contribution in [1.29, 1.82) is 0 Å². The van der Waals surface area contributed by atoms with Crippen molar-refractivity contribution in [3.63, 3.8) is 0 Å². The van der Waals surface area contributed by atoms with E-state index in [-0.39, 0.29) is 5.56 Å².